The molecule has 0 aliphatic heterocycles. The van der Waals surface area contributed by atoms with Crippen LogP contribution in [-0.4, -0.2) is 16.1 Å². The zero-order valence-electron chi connectivity index (χ0n) is 14.8. The monoisotopic (exact) mass is 382 g/mol. The Hall–Kier alpha value is -2.86. The van der Waals surface area contributed by atoms with Crippen molar-refractivity contribution in [1.82, 2.24) is 10.3 Å². The van der Waals surface area contributed by atoms with Crippen molar-refractivity contribution in [1.29, 1.82) is 0 Å². The fourth-order valence-electron chi connectivity index (χ4n) is 2.33. The number of hydrogen-bond donors (Lipinski definition) is 1. The van der Waals surface area contributed by atoms with Crippen LogP contribution in [-0.2, 0) is 11.3 Å². The van der Waals surface area contributed by atoms with Crippen molar-refractivity contribution >= 4 is 17.7 Å². The highest BCUT2D eigenvalue weighted by Gasteiger charge is 2.14. The molecule has 3 aromatic rings. The molecule has 1 N–H and O–H groups in total. The minimum atomic E-state index is -0.325. The maximum atomic E-state index is 13.0. The lowest BCUT2D eigenvalue weighted by Crippen LogP contribution is -2.30. The number of ether oxygens (including phenoxy) is 1. The highest BCUT2D eigenvalue weighted by Crippen LogP contribution is 2.23. The summed E-state index contributed by atoms with van der Waals surface area (Å²) in [5, 5.41) is 2.72. The number of carbonyl (C=O) groups is 1. The van der Waals surface area contributed by atoms with Crippen LogP contribution in [0.1, 0.15) is 12.5 Å². The summed E-state index contributed by atoms with van der Waals surface area (Å²) in [4.78, 5) is 17.5. The van der Waals surface area contributed by atoms with Gasteiger partial charge in [-0.05, 0) is 55.0 Å². The van der Waals surface area contributed by atoms with E-state index in [-0.39, 0.29) is 17.0 Å². The Morgan fingerprint density at radius 1 is 1.15 bits per heavy atom. The Kier molecular flexibility index (Phi) is 6.44. The lowest BCUT2D eigenvalue weighted by molar-refractivity contribution is -0.120. The van der Waals surface area contributed by atoms with Crippen molar-refractivity contribution in [2.45, 2.75) is 23.6 Å². The Morgan fingerprint density at radius 2 is 1.89 bits per heavy atom. The third kappa shape index (κ3) is 5.82. The molecular weight excluding hydrogens is 363 g/mol. The number of aromatic nitrogens is 1. The molecule has 0 aliphatic carbocycles. The van der Waals surface area contributed by atoms with Gasteiger partial charge in [0.05, 0.1) is 5.25 Å². The molecule has 1 aromatic heterocycles. The van der Waals surface area contributed by atoms with E-state index in [0.717, 1.165) is 10.5 Å². The predicted molar refractivity (Wildman–Crippen MR) is 104 cm³/mol. The van der Waals surface area contributed by atoms with Gasteiger partial charge in [0, 0.05) is 23.7 Å². The largest absolute Gasteiger partial charge is 0.439 e. The number of thioether (sulfide) groups is 1. The van der Waals surface area contributed by atoms with Crippen LogP contribution in [0.15, 0.2) is 77.8 Å². The smallest absolute Gasteiger partial charge is 0.233 e. The van der Waals surface area contributed by atoms with Gasteiger partial charge in [0.2, 0.25) is 11.8 Å². The van der Waals surface area contributed by atoms with Gasteiger partial charge in [-0.15, -0.1) is 11.8 Å². The highest BCUT2D eigenvalue weighted by atomic mass is 32.2. The number of halogens is 1. The second-order valence-corrected chi connectivity index (χ2v) is 7.26. The Balaban J connectivity index is 1.54. The van der Waals surface area contributed by atoms with Crippen LogP contribution in [0.4, 0.5) is 4.39 Å². The highest BCUT2D eigenvalue weighted by molar-refractivity contribution is 8.00. The molecule has 1 heterocycles. The van der Waals surface area contributed by atoms with Gasteiger partial charge in [0.1, 0.15) is 11.6 Å². The quantitative estimate of drug-likeness (QED) is 0.596. The number of rotatable bonds is 7. The van der Waals surface area contributed by atoms with Gasteiger partial charge in [-0.3, -0.25) is 4.79 Å². The molecule has 27 heavy (non-hydrogen) atoms. The molecule has 138 valence electrons. The van der Waals surface area contributed by atoms with E-state index in [4.69, 9.17) is 4.74 Å². The average molecular weight is 382 g/mol. The van der Waals surface area contributed by atoms with Crippen LogP contribution < -0.4 is 10.1 Å². The normalized spacial score (nSPS) is 11.6. The van der Waals surface area contributed by atoms with Gasteiger partial charge >= 0.3 is 0 Å². The van der Waals surface area contributed by atoms with Gasteiger partial charge in [-0.25, -0.2) is 9.37 Å². The number of nitrogens with zero attached hydrogens (tertiary/aromatic N) is 1. The molecule has 1 atom stereocenters. The van der Waals surface area contributed by atoms with E-state index in [9.17, 15) is 9.18 Å². The summed E-state index contributed by atoms with van der Waals surface area (Å²) in [6.45, 7) is 2.25. The summed E-state index contributed by atoms with van der Waals surface area (Å²) in [5.41, 5.74) is 0.868. The van der Waals surface area contributed by atoms with Crippen molar-refractivity contribution in [2.75, 3.05) is 0 Å². The lowest BCUT2D eigenvalue weighted by atomic mass is 10.2. The average Bonchev–Trinajstić information content (AvgIpc) is 2.69. The molecule has 6 heteroatoms. The van der Waals surface area contributed by atoms with Crippen LogP contribution in [0.5, 0.6) is 11.6 Å². The first-order valence-electron chi connectivity index (χ1n) is 8.48. The van der Waals surface area contributed by atoms with Crippen LogP contribution >= 0.6 is 11.8 Å². The van der Waals surface area contributed by atoms with E-state index in [1.807, 2.05) is 43.3 Å². The van der Waals surface area contributed by atoms with E-state index in [2.05, 4.69) is 10.3 Å². The molecule has 0 bridgehead atoms. The number of nitrogens with one attached hydrogen (secondary N) is 1. The van der Waals surface area contributed by atoms with Crippen LogP contribution in [0, 0.1) is 5.82 Å². The second-order valence-electron chi connectivity index (χ2n) is 5.85. The molecule has 0 spiro atoms. The SMILES string of the molecule is CC(Sc1ccccc1)C(=O)NCc1ccnc(Oc2ccc(F)cc2)c1. The standard InChI is InChI=1S/C21H19FN2O2S/c1-15(27-19-5-3-2-4-6-19)21(25)24-14-16-11-12-23-20(13-16)26-18-9-7-17(22)8-10-18/h2-13,15H,14H2,1H3,(H,24,25). The number of carbonyl (C=O) groups excluding carboxylic acids is 1. The first-order chi connectivity index (χ1) is 13.1. The summed E-state index contributed by atoms with van der Waals surface area (Å²) in [6.07, 6.45) is 1.61. The van der Waals surface area contributed by atoms with Gasteiger partial charge in [0.15, 0.2) is 0 Å². The maximum absolute atomic E-state index is 13.0. The summed E-state index contributed by atoms with van der Waals surface area (Å²) in [5.74, 6) is 0.522. The molecular formula is C21H19FN2O2S. The van der Waals surface area contributed by atoms with Crippen LogP contribution in [0.25, 0.3) is 0 Å². The number of hydrogen-bond acceptors (Lipinski definition) is 4. The molecule has 2 aromatic carbocycles. The maximum Gasteiger partial charge on any atom is 0.233 e. The van der Waals surface area contributed by atoms with E-state index < -0.39 is 0 Å². The van der Waals surface area contributed by atoms with E-state index in [1.165, 1.54) is 36.0 Å². The summed E-state index contributed by atoms with van der Waals surface area (Å²) >= 11 is 1.51. The molecule has 1 amide bonds. The number of benzene rings is 2. The minimum absolute atomic E-state index is 0.0401. The molecule has 1 unspecified atom stereocenters. The molecule has 0 fully saturated rings. The molecule has 0 aliphatic rings. The fourth-order valence-corrected chi connectivity index (χ4v) is 3.24. The van der Waals surface area contributed by atoms with Crippen molar-refractivity contribution < 1.29 is 13.9 Å². The van der Waals surface area contributed by atoms with Gasteiger partial charge in [-0.1, -0.05) is 18.2 Å². The van der Waals surface area contributed by atoms with E-state index >= 15 is 0 Å². The van der Waals surface area contributed by atoms with Crippen molar-refractivity contribution in [2.24, 2.45) is 0 Å². The first-order valence-corrected chi connectivity index (χ1v) is 9.36. The Labute approximate surface area is 161 Å². The molecule has 0 saturated heterocycles. The molecule has 4 nitrogen and oxygen atoms in total. The molecule has 3 rings (SSSR count). The Bertz CT molecular complexity index is 888. The third-order valence-electron chi connectivity index (χ3n) is 3.73. The first kappa shape index (κ1) is 18.9. The predicted octanol–water partition coefficient (Wildman–Crippen LogP) is 4.81. The zero-order chi connectivity index (χ0) is 19.1. The minimum Gasteiger partial charge on any atom is -0.439 e. The number of pyridine rings is 1. The van der Waals surface area contributed by atoms with Gasteiger partial charge in [-0.2, -0.15) is 0 Å². The topological polar surface area (TPSA) is 51.2 Å². The van der Waals surface area contributed by atoms with Gasteiger partial charge < -0.3 is 10.1 Å². The number of amides is 1. The Morgan fingerprint density at radius 3 is 2.63 bits per heavy atom. The van der Waals surface area contributed by atoms with E-state index in [1.54, 1.807) is 12.3 Å². The van der Waals surface area contributed by atoms with Crippen molar-refractivity contribution in [3.63, 3.8) is 0 Å². The zero-order valence-corrected chi connectivity index (χ0v) is 15.6. The second kappa shape index (κ2) is 9.19. The van der Waals surface area contributed by atoms with Gasteiger partial charge in [0.25, 0.3) is 0 Å². The summed E-state index contributed by atoms with van der Waals surface area (Å²) in [6, 6.07) is 19.1. The van der Waals surface area contributed by atoms with Crippen molar-refractivity contribution in [3.05, 3.63) is 84.3 Å². The van der Waals surface area contributed by atoms with E-state index in [0.29, 0.717) is 18.2 Å². The molecule has 0 radical (unpaired) electrons. The van der Waals surface area contributed by atoms with Crippen LogP contribution in [0.2, 0.25) is 0 Å². The summed E-state index contributed by atoms with van der Waals surface area (Å²) in [7, 11) is 0. The molecule has 0 saturated carbocycles. The fraction of sp³-hybridized carbons (Fsp3) is 0.143. The lowest BCUT2D eigenvalue weighted by Gasteiger charge is -2.12. The summed E-state index contributed by atoms with van der Waals surface area (Å²) < 4.78 is 18.6. The third-order valence-corrected chi connectivity index (χ3v) is 4.84. The van der Waals surface area contributed by atoms with Crippen molar-refractivity contribution in [3.8, 4) is 11.6 Å². The van der Waals surface area contributed by atoms with Crippen LogP contribution in [0.3, 0.4) is 0 Å².